The van der Waals surface area contributed by atoms with E-state index in [1.807, 2.05) is 6.92 Å². The number of hydrogen-bond acceptors (Lipinski definition) is 6. The summed E-state index contributed by atoms with van der Waals surface area (Å²) >= 11 is 0. The Hall–Kier alpha value is -0.980. The smallest absolute Gasteiger partial charge is 0.319 e. The summed E-state index contributed by atoms with van der Waals surface area (Å²) in [7, 11) is 2.10. The van der Waals surface area contributed by atoms with Gasteiger partial charge in [-0.3, -0.25) is 14.5 Å². The topological polar surface area (TPSA) is 70.1 Å². The molecule has 2 heterocycles. The Balaban J connectivity index is 2.21. The van der Waals surface area contributed by atoms with Gasteiger partial charge in [0.25, 0.3) is 0 Å². The lowest BCUT2D eigenvalue weighted by Gasteiger charge is -2.35. The molecule has 2 aliphatic heterocycles. The lowest BCUT2D eigenvalue weighted by atomic mass is 9.79. The van der Waals surface area contributed by atoms with E-state index in [0.717, 1.165) is 32.6 Å². The molecule has 0 aromatic carbocycles. The zero-order valence-corrected chi connectivity index (χ0v) is 21.1. The Morgan fingerprint density at radius 2 is 1.77 bits per heavy atom. The molecule has 0 aromatic rings. The molecular weight excluding hydrogens is 392 g/mol. The van der Waals surface area contributed by atoms with Gasteiger partial charge in [-0.15, -0.1) is 0 Å². The monoisotopic (exact) mass is 438 g/mol. The van der Waals surface area contributed by atoms with Crippen LogP contribution in [0, 0.1) is 28.6 Å². The van der Waals surface area contributed by atoms with Gasteiger partial charge in [-0.2, -0.15) is 0 Å². The summed E-state index contributed by atoms with van der Waals surface area (Å²) < 4.78 is 5.80. The van der Waals surface area contributed by atoms with Crippen LogP contribution < -0.4 is 0 Å². The van der Waals surface area contributed by atoms with Crippen molar-refractivity contribution >= 4 is 11.8 Å². The van der Waals surface area contributed by atoms with Crippen molar-refractivity contribution in [3.63, 3.8) is 0 Å². The number of aliphatic hydroxyl groups excluding tert-OH is 1. The first kappa shape index (κ1) is 26.3. The highest BCUT2D eigenvalue weighted by molar-refractivity contribution is 6.03. The maximum atomic E-state index is 13.0. The molecule has 0 spiro atoms. The molecular formula is C25H46N2O4. The molecule has 31 heavy (non-hydrogen) atoms. The van der Waals surface area contributed by atoms with Gasteiger partial charge in [0.1, 0.15) is 12.0 Å². The van der Waals surface area contributed by atoms with Crippen LogP contribution in [0.5, 0.6) is 0 Å². The van der Waals surface area contributed by atoms with Gasteiger partial charge in [0.2, 0.25) is 0 Å². The first-order chi connectivity index (χ1) is 14.2. The Kier molecular flexibility index (Phi) is 8.73. The van der Waals surface area contributed by atoms with Crippen LogP contribution in [-0.2, 0) is 14.3 Å². The molecule has 5 atom stereocenters. The molecule has 0 radical (unpaired) electrons. The standard InChI is InChI=1S/C25H46N2O4/c1-17-11-20(28)12-18(2)22(29)25(6,7)23(30)31-15-21(26(8)13-17)19-9-10-27(14-19)16-24(3,4)5/h17-21,28H,9-16H2,1-8H3/t17-,18-,19?,20-,21+/m1/s1. The van der Waals surface area contributed by atoms with Gasteiger partial charge < -0.3 is 14.7 Å². The fourth-order valence-electron chi connectivity index (χ4n) is 5.45. The largest absolute Gasteiger partial charge is 0.463 e. The fourth-order valence-corrected chi connectivity index (χ4v) is 5.45. The lowest BCUT2D eigenvalue weighted by molar-refractivity contribution is -0.161. The first-order valence-corrected chi connectivity index (χ1v) is 12.0. The zero-order chi connectivity index (χ0) is 23.6. The quantitative estimate of drug-likeness (QED) is 0.527. The van der Waals surface area contributed by atoms with Crippen LogP contribution in [0.15, 0.2) is 0 Å². The second-order valence-electron chi connectivity index (χ2n) is 12.1. The second-order valence-corrected chi connectivity index (χ2v) is 12.1. The van der Waals surface area contributed by atoms with Crippen LogP contribution >= 0.6 is 0 Å². The third-order valence-electron chi connectivity index (χ3n) is 6.98. The number of cyclic esters (lactones) is 1. The molecule has 1 unspecified atom stereocenters. The third kappa shape index (κ3) is 7.26. The van der Waals surface area contributed by atoms with Gasteiger partial charge in [-0.25, -0.2) is 0 Å². The van der Waals surface area contributed by atoms with Crippen molar-refractivity contribution in [2.24, 2.45) is 28.6 Å². The van der Waals surface area contributed by atoms with Crippen LogP contribution in [0.1, 0.15) is 67.7 Å². The summed E-state index contributed by atoms with van der Waals surface area (Å²) in [6, 6.07) is 0.109. The van der Waals surface area contributed by atoms with Crippen LogP contribution in [0.25, 0.3) is 0 Å². The fraction of sp³-hybridized carbons (Fsp3) is 0.920. The molecule has 0 amide bonds. The van der Waals surface area contributed by atoms with E-state index < -0.39 is 17.5 Å². The molecule has 6 nitrogen and oxygen atoms in total. The minimum Gasteiger partial charge on any atom is -0.463 e. The average molecular weight is 439 g/mol. The van der Waals surface area contributed by atoms with Crippen molar-refractivity contribution in [1.29, 1.82) is 0 Å². The summed E-state index contributed by atoms with van der Waals surface area (Å²) in [5.41, 5.74) is -0.945. The predicted molar refractivity (Wildman–Crippen MR) is 124 cm³/mol. The molecule has 2 aliphatic rings. The van der Waals surface area contributed by atoms with Gasteiger partial charge in [-0.1, -0.05) is 34.6 Å². The molecule has 180 valence electrons. The molecule has 0 bridgehead atoms. The molecule has 2 fully saturated rings. The summed E-state index contributed by atoms with van der Waals surface area (Å²) in [5, 5.41) is 10.6. The number of rotatable bonds is 2. The highest BCUT2D eigenvalue weighted by atomic mass is 16.5. The summed E-state index contributed by atoms with van der Waals surface area (Å²) in [5.74, 6) is -0.263. The van der Waals surface area contributed by atoms with Crippen LogP contribution in [0.2, 0.25) is 0 Å². The number of likely N-dealkylation sites (tertiary alicyclic amines) is 1. The van der Waals surface area contributed by atoms with Crippen LogP contribution in [0.4, 0.5) is 0 Å². The number of aliphatic hydroxyl groups is 1. The van der Waals surface area contributed by atoms with Gasteiger partial charge in [-0.05, 0) is 64.0 Å². The van der Waals surface area contributed by atoms with Crippen LogP contribution in [0.3, 0.4) is 0 Å². The predicted octanol–water partition coefficient (Wildman–Crippen LogP) is 3.22. The van der Waals surface area contributed by atoms with Crippen LogP contribution in [-0.4, -0.2) is 78.6 Å². The zero-order valence-electron chi connectivity index (χ0n) is 21.1. The lowest BCUT2D eigenvalue weighted by Crippen LogP contribution is -2.46. The van der Waals surface area contributed by atoms with E-state index in [4.69, 9.17) is 4.74 Å². The van der Waals surface area contributed by atoms with Crippen molar-refractivity contribution < 1.29 is 19.4 Å². The van der Waals surface area contributed by atoms with Crippen molar-refractivity contribution in [2.75, 3.05) is 39.8 Å². The number of ether oxygens (including phenoxy) is 1. The van der Waals surface area contributed by atoms with E-state index in [2.05, 4.69) is 44.5 Å². The highest BCUT2D eigenvalue weighted by Gasteiger charge is 2.42. The highest BCUT2D eigenvalue weighted by Crippen LogP contribution is 2.30. The SMILES string of the molecule is C[C@@H]1C[C@@H](O)C[C@@H](C)C(=O)C(C)(C)C(=O)OC[C@@H](C2CCN(CC(C)(C)C)C2)N(C)C1. The first-order valence-electron chi connectivity index (χ1n) is 12.0. The molecule has 6 heteroatoms. The molecule has 0 aliphatic carbocycles. The van der Waals surface area contributed by atoms with Gasteiger partial charge in [0.15, 0.2) is 5.78 Å². The van der Waals surface area contributed by atoms with E-state index in [1.54, 1.807) is 13.8 Å². The van der Waals surface area contributed by atoms with Gasteiger partial charge in [0, 0.05) is 31.6 Å². The van der Waals surface area contributed by atoms with Crippen molar-refractivity contribution in [1.82, 2.24) is 9.80 Å². The molecule has 0 saturated carbocycles. The number of ketones is 1. The average Bonchev–Trinajstić information content (AvgIpc) is 3.05. The molecule has 0 aromatic heterocycles. The number of Topliss-reactive ketones (excluding diaryl/α,β-unsaturated/α-hetero) is 1. The number of hydrogen-bond donors (Lipinski definition) is 1. The van der Waals surface area contributed by atoms with E-state index in [0.29, 0.717) is 31.3 Å². The Morgan fingerprint density at radius 3 is 2.39 bits per heavy atom. The summed E-state index contributed by atoms with van der Waals surface area (Å²) in [4.78, 5) is 30.7. The number of nitrogens with zero attached hydrogens (tertiary/aromatic N) is 2. The Bertz CT molecular complexity index is 628. The number of likely N-dealkylation sites (N-methyl/N-ethyl adjacent to an activating group) is 1. The molecule has 1 N–H and O–H groups in total. The summed E-state index contributed by atoms with van der Waals surface area (Å²) in [6.45, 7) is 18.3. The van der Waals surface area contributed by atoms with Gasteiger partial charge >= 0.3 is 5.97 Å². The maximum Gasteiger partial charge on any atom is 0.319 e. The van der Waals surface area contributed by atoms with E-state index in [9.17, 15) is 14.7 Å². The van der Waals surface area contributed by atoms with E-state index >= 15 is 0 Å². The number of carbonyl (C=O) groups is 2. The number of esters is 1. The maximum absolute atomic E-state index is 13.0. The molecule has 2 saturated heterocycles. The van der Waals surface area contributed by atoms with Crippen molar-refractivity contribution in [3.05, 3.63) is 0 Å². The van der Waals surface area contributed by atoms with Crippen molar-refractivity contribution in [2.45, 2.75) is 79.9 Å². The second kappa shape index (κ2) is 10.3. The minimum atomic E-state index is -1.20. The number of carbonyl (C=O) groups excluding carboxylic acids is 2. The molecule has 2 rings (SSSR count). The van der Waals surface area contributed by atoms with Crippen molar-refractivity contribution in [3.8, 4) is 0 Å². The van der Waals surface area contributed by atoms with E-state index in [-0.39, 0.29) is 23.2 Å². The summed E-state index contributed by atoms with van der Waals surface area (Å²) in [6.07, 6.45) is 1.59. The Morgan fingerprint density at radius 1 is 1.13 bits per heavy atom. The van der Waals surface area contributed by atoms with Gasteiger partial charge in [0.05, 0.1) is 6.10 Å². The minimum absolute atomic E-state index is 0.109. The third-order valence-corrected chi connectivity index (χ3v) is 6.98. The van der Waals surface area contributed by atoms with E-state index in [1.165, 1.54) is 0 Å². The Labute approximate surface area is 189 Å². The normalized spacial score (nSPS) is 35.2.